The molecule has 4 rings (SSSR count). The molecule has 6 heteroatoms. The van der Waals surface area contributed by atoms with Crippen molar-refractivity contribution >= 4 is 5.65 Å². The fraction of sp³-hybridized carbons (Fsp3) is 0.444. The molecule has 0 aromatic carbocycles. The van der Waals surface area contributed by atoms with Gasteiger partial charge in [-0.3, -0.25) is 9.80 Å². The van der Waals surface area contributed by atoms with E-state index < -0.39 is 0 Å². The Labute approximate surface area is 141 Å². The normalized spacial score (nSPS) is 16.9. The molecule has 3 aromatic heterocycles. The maximum atomic E-state index is 5.27. The van der Waals surface area contributed by atoms with Gasteiger partial charge >= 0.3 is 0 Å². The highest BCUT2D eigenvalue weighted by Crippen LogP contribution is 2.17. The van der Waals surface area contributed by atoms with Crippen LogP contribution in [0, 0.1) is 13.8 Å². The standard InChI is InChI=1S/C18H23N5O/c1-14-17(15(2)24-20-14)13-22-9-7-21(8-10-22)11-16-12-23-6-4-3-5-18(23)19-16/h3-6,12H,7-11,13H2,1-2H3. The number of piperazine rings is 1. The van der Waals surface area contributed by atoms with E-state index in [2.05, 4.69) is 25.6 Å². The Morgan fingerprint density at radius 2 is 1.79 bits per heavy atom. The monoisotopic (exact) mass is 325 g/mol. The van der Waals surface area contributed by atoms with Gasteiger partial charge in [-0.15, -0.1) is 0 Å². The van der Waals surface area contributed by atoms with Gasteiger partial charge in [-0.2, -0.15) is 0 Å². The van der Waals surface area contributed by atoms with Crippen LogP contribution in [0.15, 0.2) is 35.1 Å². The highest BCUT2D eigenvalue weighted by Gasteiger charge is 2.20. The van der Waals surface area contributed by atoms with Crippen molar-refractivity contribution in [3.8, 4) is 0 Å². The molecule has 0 radical (unpaired) electrons. The van der Waals surface area contributed by atoms with Crippen molar-refractivity contribution < 1.29 is 4.52 Å². The summed E-state index contributed by atoms with van der Waals surface area (Å²) < 4.78 is 7.35. The maximum Gasteiger partial charge on any atom is 0.138 e. The number of aromatic nitrogens is 3. The van der Waals surface area contributed by atoms with E-state index in [1.807, 2.05) is 38.2 Å². The van der Waals surface area contributed by atoms with Gasteiger partial charge in [-0.25, -0.2) is 4.98 Å². The molecule has 6 nitrogen and oxygen atoms in total. The van der Waals surface area contributed by atoms with Crippen molar-refractivity contribution in [3.63, 3.8) is 0 Å². The molecule has 126 valence electrons. The van der Waals surface area contributed by atoms with E-state index >= 15 is 0 Å². The molecular weight excluding hydrogens is 302 g/mol. The van der Waals surface area contributed by atoms with Crippen LogP contribution in [0.5, 0.6) is 0 Å². The average molecular weight is 325 g/mol. The summed E-state index contributed by atoms with van der Waals surface area (Å²) in [5.74, 6) is 0.944. The van der Waals surface area contributed by atoms with E-state index in [0.29, 0.717) is 0 Å². The second-order valence-electron chi connectivity index (χ2n) is 6.55. The van der Waals surface area contributed by atoms with E-state index in [1.54, 1.807) is 0 Å². The van der Waals surface area contributed by atoms with E-state index in [9.17, 15) is 0 Å². The fourth-order valence-corrected chi connectivity index (χ4v) is 3.35. The molecule has 0 saturated carbocycles. The Kier molecular flexibility index (Phi) is 4.08. The summed E-state index contributed by atoms with van der Waals surface area (Å²) in [6.45, 7) is 10.1. The fourth-order valence-electron chi connectivity index (χ4n) is 3.35. The van der Waals surface area contributed by atoms with Crippen molar-refractivity contribution in [1.82, 2.24) is 24.3 Å². The molecule has 0 spiro atoms. The number of aryl methyl sites for hydroxylation is 2. The van der Waals surface area contributed by atoms with E-state index in [4.69, 9.17) is 9.51 Å². The van der Waals surface area contributed by atoms with E-state index in [1.165, 1.54) is 5.56 Å². The summed E-state index contributed by atoms with van der Waals surface area (Å²) in [6.07, 6.45) is 4.18. The maximum absolute atomic E-state index is 5.27. The quantitative estimate of drug-likeness (QED) is 0.736. The number of nitrogens with zero attached hydrogens (tertiary/aromatic N) is 5. The Morgan fingerprint density at radius 1 is 1.04 bits per heavy atom. The molecule has 0 unspecified atom stereocenters. The van der Waals surface area contributed by atoms with Crippen LogP contribution in [0.4, 0.5) is 0 Å². The Balaban J connectivity index is 1.34. The molecule has 3 aromatic rings. The van der Waals surface area contributed by atoms with Gasteiger partial charge in [-0.05, 0) is 26.0 Å². The largest absolute Gasteiger partial charge is 0.361 e. The lowest BCUT2D eigenvalue weighted by Gasteiger charge is -2.34. The zero-order valence-electron chi connectivity index (χ0n) is 14.3. The van der Waals surface area contributed by atoms with Gasteiger partial charge < -0.3 is 8.92 Å². The van der Waals surface area contributed by atoms with Crippen molar-refractivity contribution in [2.75, 3.05) is 26.2 Å². The predicted octanol–water partition coefficient (Wildman–Crippen LogP) is 2.26. The first-order valence-corrected chi connectivity index (χ1v) is 8.48. The first kappa shape index (κ1) is 15.4. The molecule has 0 atom stereocenters. The van der Waals surface area contributed by atoms with Crippen LogP contribution in [0.1, 0.15) is 22.7 Å². The summed E-state index contributed by atoms with van der Waals surface area (Å²) in [7, 11) is 0. The number of hydrogen-bond acceptors (Lipinski definition) is 5. The molecular formula is C18H23N5O. The third-order valence-corrected chi connectivity index (χ3v) is 4.83. The van der Waals surface area contributed by atoms with Gasteiger partial charge in [0, 0.05) is 57.2 Å². The Hall–Kier alpha value is -2.18. The summed E-state index contributed by atoms with van der Waals surface area (Å²) >= 11 is 0. The van der Waals surface area contributed by atoms with Crippen LogP contribution in [-0.2, 0) is 13.1 Å². The minimum atomic E-state index is 0.918. The summed E-state index contributed by atoms with van der Waals surface area (Å²) in [6, 6.07) is 6.11. The molecule has 24 heavy (non-hydrogen) atoms. The van der Waals surface area contributed by atoms with Crippen LogP contribution in [-0.4, -0.2) is 50.5 Å². The molecule has 4 heterocycles. The highest BCUT2D eigenvalue weighted by molar-refractivity contribution is 5.39. The lowest BCUT2D eigenvalue weighted by Crippen LogP contribution is -2.45. The zero-order chi connectivity index (χ0) is 16.5. The second-order valence-corrected chi connectivity index (χ2v) is 6.55. The Bertz CT molecular complexity index is 776. The van der Waals surface area contributed by atoms with E-state index in [0.717, 1.165) is 62.1 Å². The third kappa shape index (κ3) is 3.07. The number of pyridine rings is 1. The van der Waals surface area contributed by atoms with Crippen LogP contribution in [0.3, 0.4) is 0 Å². The first-order valence-electron chi connectivity index (χ1n) is 8.48. The van der Waals surface area contributed by atoms with Gasteiger partial charge in [0.25, 0.3) is 0 Å². The van der Waals surface area contributed by atoms with Crippen LogP contribution < -0.4 is 0 Å². The van der Waals surface area contributed by atoms with Crippen LogP contribution in [0.2, 0.25) is 0 Å². The van der Waals surface area contributed by atoms with Crippen molar-refractivity contribution in [2.45, 2.75) is 26.9 Å². The number of rotatable bonds is 4. The molecule has 1 aliphatic rings. The summed E-state index contributed by atoms with van der Waals surface area (Å²) in [5, 5.41) is 4.05. The first-order chi connectivity index (χ1) is 11.7. The van der Waals surface area contributed by atoms with Crippen molar-refractivity contribution in [1.29, 1.82) is 0 Å². The number of hydrogen-bond donors (Lipinski definition) is 0. The van der Waals surface area contributed by atoms with Crippen molar-refractivity contribution in [2.24, 2.45) is 0 Å². The van der Waals surface area contributed by atoms with E-state index in [-0.39, 0.29) is 0 Å². The lowest BCUT2D eigenvalue weighted by atomic mass is 10.2. The van der Waals surface area contributed by atoms with Crippen LogP contribution >= 0.6 is 0 Å². The highest BCUT2D eigenvalue weighted by atomic mass is 16.5. The number of fused-ring (bicyclic) bond motifs is 1. The van der Waals surface area contributed by atoms with Crippen LogP contribution in [0.25, 0.3) is 5.65 Å². The molecule has 1 aliphatic heterocycles. The lowest BCUT2D eigenvalue weighted by molar-refractivity contribution is 0.120. The average Bonchev–Trinajstić information content (AvgIpc) is 3.14. The molecule has 0 bridgehead atoms. The third-order valence-electron chi connectivity index (χ3n) is 4.83. The topological polar surface area (TPSA) is 49.8 Å². The second kappa shape index (κ2) is 6.37. The molecule has 1 saturated heterocycles. The van der Waals surface area contributed by atoms with Gasteiger partial charge in [0.15, 0.2) is 0 Å². The number of imidazole rings is 1. The predicted molar refractivity (Wildman–Crippen MR) is 91.7 cm³/mol. The minimum Gasteiger partial charge on any atom is -0.361 e. The molecule has 0 aliphatic carbocycles. The van der Waals surface area contributed by atoms with Crippen molar-refractivity contribution in [3.05, 3.63) is 53.3 Å². The Morgan fingerprint density at radius 3 is 2.46 bits per heavy atom. The zero-order valence-corrected chi connectivity index (χ0v) is 14.3. The summed E-state index contributed by atoms with van der Waals surface area (Å²) in [5.41, 5.74) is 4.41. The van der Waals surface area contributed by atoms with Gasteiger partial charge in [0.1, 0.15) is 11.4 Å². The van der Waals surface area contributed by atoms with Gasteiger partial charge in [0.05, 0.1) is 11.4 Å². The molecule has 1 fully saturated rings. The van der Waals surface area contributed by atoms with Gasteiger partial charge in [0.2, 0.25) is 0 Å². The SMILES string of the molecule is Cc1noc(C)c1CN1CCN(Cc2cn3ccccc3n2)CC1. The smallest absolute Gasteiger partial charge is 0.138 e. The molecule has 0 amide bonds. The summed E-state index contributed by atoms with van der Waals surface area (Å²) in [4.78, 5) is 9.65. The molecule has 0 N–H and O–H groups in total. The minimum absolute atomic E-state index is 0.918. The van der Waals surface area contributed by atoms with Gasteiger partial charge in [-0.1, -0.05) is 11.2 Å².